The zero-order valence-corrected chi connectivity index (χ0v) is 22.5. The van der Waals surface area contributed by atoms with Gasteiger partial charge in [-0.05, 0) is 54.2 Å². The Bertz CT molecular complexity index is 1660. The van der Waals surface area contributed by atoms with Gasteiger partial charge in [0.15, 0.2) is 0 Å². The van der Waals surface area contributed by atoms with Gasteiger partial charge in [0.1, 0.15) is 22.3 Å². The predicted octanol–water partition coefficient (Wildman–Crippen LogP) is 4.57. The van der Waals surface area contributed by atoms with Crippen LogP contribution < -0.4 is 4.74 Å². The lowest BCUT2D eigenvalue weighted by molar-refractivity contribution is 0.0695. The van der Waals surface area contributed by atoms with Gasteiger partial charge in [-0.3, -0.25) is 4.68 Å². The van der Waals surface area contributed by atoms with Crippen molar-refractivity contribution in [1.29, 1.82) is 0 Å². The van der Waals surface area contributed by atoms with Crippen LogP contribution in [0.15, 0.2) is 72.0 Å². The van der Waals surface area contributed by atoms with Crippen LogP contribution in [0.3, 0.4) is 0 Å². The Hall–Kier alpha value is -3.96. The highest BCUT2D eigenvalue weighted by Gasteiger charge is 2.45. The Morgan fingerprint density at radius 2 is 1.90 bits per heavy atom. The molecule has 210 valence electrons. The molecule has 2 aromatic carbocycles. The summed E-state index contributed by atoms with van der Waals surface area (Å²) in [7, 11) is -1.93. The summed E-state index contributed by atoms with van der Waals surface area (Å²) in [6.45, 7) is 2.34. The Labute approximate surface area is 233 Å². The van der Waals surface area contributed by atoms with E-state index >= 15 is 0 Å². The van der Waals surface area contributed by atoms with Gasteiger partial charge >= 0.3 is 5.97 Å². The molecule has 0 bridgehead atoms. The van der Waals surface area contributed by atoms with Crippen LogP contribution in [0.4, 0.5) is 0 Å². The molecule has 1 saturated carbocycles. The molecular weight excluding hydrogens is 530 g/mol. The van der Waals surface area contributed by atoms with Crippen molar-refractivity contribution >= 4 is 16.0 Å². The van der Waals surface area contributed by atoms with Gasteiger partial charge in [-0.2, -0.15) is 14.5 Å². The van der Waals surface area contributed by atoms with Crippen LogP contribution in [0.5, 0.6) is 5.75 Å². The van der Waals surface area contributed by atoms with Crippen LogP contribution in [0.25, 0.3) is 5.69 Å². The van der Waals surface area contributed by atoms with Gasteiger partial charge in [0, 0.05) is 25.7 Å². The molecule has 0 radical (unpaired) electrons. The van der Waals surface area contributed by atoms with E-state index in [0.29, 0.717) is 23.6 Å². The van der Waals surface area contributed by atoms with Gasteiger partial charge in [-0.1, -0.05) is 38.6 Å². The van der Waals surface area contributed by atoms with Crippen LogP contribution in [-0.2, 0) is 23.6 Å². The fraction of sp³-hybridized carbons (Fsp3) is 0.345. The number of carboxylic acid groups (broad SMARTS) is 1. The Kier molecular flexibility index (Phi) is 7.28. The first kappa shape index (κ1) is 27.6. The minimum absolute atomic E-state index is 0. The highest BCUT2D eigenvalue weighted by atomic mass is 32.2. The predicted molar refractivity (Wildman–Crippen MR) is 149 cm³/mol. The summed E-state index contributed by atoms with van der Waals surface area (Å²) < 4.78 is 38.1. The Morgan fingerprint density at radius 3 is 2.62 bits per heavy atom. The van der Waals surface area contributed by atoms with Crippen molar-refractivity contribution in [2.45, 2.75) is 56.6 Å². The Balaban J connectivity index is 0.00000323. The highest BCUT2D eigenvalue weighted by Crippen LogP contribution is 2.55. The molecule has 40 heavy (non-hydrogen) atoms. The number of fused-ring (bicyclic) bond motifs is 1. The van der Waals surface area contributed by atoms with E-state index in [1.165, 1.54) is 10.5 Å². The number of aryl methyl sites for hydroxylation is 1. The van der Waals surface area contributed by atoms with E-state index in [9.17, 15) is 18.3 Å². The summed E-state index contributed by atoms with van der Waals surface area (Å²) in [6, 6.07) is 14.2. The molecule has 2 aromatic heterocycles. The van der Waals surface area contributed by atoms with Crippen LogP contribution in [0.1, 0.15) is 66.2 Å². The first-order valence-electron chi connectivity index (χ1n) is 12.9. The smallest absolute Gasteiger partial charge is 0.339 e. The fourth-order valence-electron chi connectivity index (χ4n) is 5.38. The van der Waals surface area contributed by atoms with E-state index in [-0.39, 0.29) is 48.9 Å². The van der Waals surface area contributed by atoms with Crippen molar-refractivity contribution in [2.75, 3.05) is 6.54 Å². The van der Waals surface area contributed by atoms with Crippen molar-refractivity contribution in [2.24, 2.45) is 7.05 Å². The number of aromatic nitrogens is 4. The number of ether oxygens (including phenoxy) is 1. The molecule has 1 fully saturated rings. The van der Waals surface area contributed by atoms with Crippen molar-refractivity contribution in [3.05, 3.63) is 89.5 Å². The van der Waals surface area contributed by atoms with Crippen LogP contribution >= 0.6 is 0 Å². The van der Waals surface area contributed by atoms with Gasteiger partial charge in [0.05, 0.1) is 30.3 Å². The van der Waals surface area contributed by atoms with Crippen molar-refractivity contribution in [1.82, 2.24) is 23.9 Å². The zero-order valence-electron chi connectivity index (χ0n) is 21.6. The van der Waals surface area contributed by atoms with E-state index < -0.39 is 16.0 Å². The van der Waals surface area contributed by atoms with E-state index in [0.717, 1.165) is 17.5 Å². The van der Waals surface area contributed by atoms with Gasteiger partial charge in [0.2, 0.25) is 10.0 Å². The van der Waals surface area contributed by atoms with Crippen molar-refractivity contribution in [3.8, 4) is 11.4 Å². The van der Waals surface area contributed by atoms with Crippen molar-refractivity contribution < 1.29 is 23.1 Å². The number of rotatable bonds is 7. The number of sulfonamides is 1. The molecule has 3 heterocycles. The van der Waals surface area contributed by atoms with Crippen molar-refractivity contribution in [3.63, 3.8) is 0 Å². The topological polar surface area (TPSA) is 120 Å². The third kappa shape index (κ3) is 4.90. The quantitative estimate of drug-likeness (QED) is 0.350. The number of nitrogens with zero attached hydrogens (tertiary/aromatic N) is 5. The highest BCUT2D eigenvalue weighted by molar-refractivity contribution is 7.89. The monoisotopic (exact) mass is 563 g/mol. The lowest BCUT2D eigenvalue weighted by Crippen LogP contribution is -2.36. The maximum atomic E-state index is 13.6. The average molecular weight is 564 g/mol. The molecule has 0 spiro atoms. The molecule has 4 aromatic rings. The standard InChI is InChI=1S/C28H29N5O5S.CH4/c1-3-21-17-32(39(36,37)26-10-5-4-9-25(26)38-21)15-18-7-6-8-20(11-18)33-27(24(14-30-33)28(34)35)23-12-22(23)19-13-29-31(2)16-19;/h4-11,13-14,16,21-23H,3,12,15,17H2,1-2H3,(H,34,35);1H4/t21-,22+,23-;/m1./s1. The molecule has 1 aliphatic heterocycles. The SMILES string of the molecule is C.CC[C@@H]1CN(Cc2cccc(-n3ncc(C(=O)O)c3[C@@H]3C[C@H]3c3cnn(C)c3)c2)S(=O)(=O)c2ccccc2O1. The molecule has 2 aliphatic rings. The summed E-state index contributed by atoms with van der Waals surface area (Å²) in [5.74, 6) is -0.486. The van der Waals surface area contributed by atoms with E-state index in [1.807, 2.05) is 50.6 Å². The fourth-order valence-corrected chi connectivity index (χ4v) is 6.96. The second-order valence-corrected chi connectivity index (χ2v) is 12.0. The lowest BCUT2D eigenvalue weighted by atomic mass is 10.1. The van der Waals surface area contributed by atoms with E-state index in [4.69, 9.17) is 4.74 Å². The number of aromatic carboxylic acids is 1. The molecule has 1 N–H and O–H groups in total. The third-order valence-electron chi connectivity index (χ3n) is 7.47. The van der Waals surface area contributed by atoms with Crippen LogP contribution in [0.2, 0.25) is 0 Å². The number of para-hydroxylation sites is 1. The number of carboxylic acids is 1. The summed E-state index contributed by atoms with van der Waals surface area (Å²) in [6.07, 6.45) is 6.36. The van der Waals surface area contributed by atoms with Gasteiger partial charge < -0.3 is 9.84 Å². The molecule has 1 aliphatic carbocycles. The summed E-state index contributed by atoms with van der Waals surface area (Å²) in [5, 5.41) is 18.6. The second-order valence-electron chi connectivity index (χ2n) is 10.1. The lowest BCUT2D eigenvalue weighted by Gasteiger charge is -2.22. The number of carbonyl (C=O) groups is 1. The average Bonchev–Trinajstić information content (AvgIpc) is 3.40. The molecule has 6 rings (SSSR count). The van der Waals surface area contributed by atoms with E-state index in [2.05, 4.69) is 10.2 Å². The van der Waals surface area contributed by atoms with Gasteiger partial charge in [-0.15, -0.1) is 0 Å². The number of hydrogen-bond donors (Lipinski definition) is 1. The third-order valence-corrected chi connectivity index (χ3v) is 9.32. The molecule has 0 amide bonds. The largest absolute Gasteiger partial charge is 0.488 e. The molecule has 10 nitrogen and oxygen atoms in total. The van der Waals surface area contributed by atoms with Crippen LogP contribution in [-0.4, -0.2) is 56.0 Å². The number of benzene rings is 2. The first-order valence-corrected chi connectivity index (χ1v) is 14.3. The number of hydrogen-bond acceptors (Lipinski definition) is 6. The summed E-state index contributed by atoms with van der Waals surface area (Å²) >= 11 is 0. The molecular formula is C29H33N5O5S. The summed E-state index contributed by atoms with van der Waals surface area (Å²) in [5.41, 5.74) is 3.33. The minimum Gasteiger partial charge on any atom is -0.488 e. The van der Waals surface area contributed by atoms with Gasteiger partial charge in [0.25, 0.3) is 0 Å². The second kappa shape index (κ2) is 10.5. The maximum Gasteiger partial charge on any atom is 0.339 e. The van der Waals surface area contributed by atoms with E-state index in [1.54, 1.807) is 33.6 Å². The first-order chi connectivity index (χ1) is 18.8. The minimum atomic E-state index is -3.79. The zero-order chi connectivity index (χ0) is 27.3. The molecule has 3 atom stereocenters. The maximum absolute atomic E-state index is 13.6. The normalized spacial score (nSPS) is 21.5. The molecule has 0 saturated heterocycles. The Morgan fingerprint density at radius 1 is 1.10 bits per heavy atom. The molecule has 11 heteroatoms. The summed E-state index contributed by atoms with van der Waals surface area (Å²) in [4.78, 5) is 12.2. The molecule has 0 unspecified atom stereocenters. The van der Waals surface area contributed by atoms with Crippen LogP contribution in [0, 0.1) is 0 Å². The van der Waals surface area contributed by atoms with Gasteiger partial charge in [-0.25, -0.2) is 17.9 Å².